The van der Waals surface area contributed by atoms with Gasteiger partial charge in [0.1, 0.15) is 4.90 Å². The van der Waals surface area contributed by atoms with Gasteiger partial charge in [-0.05, 0) is 29.3 Å². The number of halogens is 1. The van der Waals surface area contributed by atoms with Gasteiger partial charge in [-0.3, -0.25) is 4.79 Å². The molecule has 120 valence electrons. The monoisotopic (exact) mass is 380 g/mol. The van der Waals surface area contributed by atoms with Gasteiger partial charge in [-0.2, -0.15) is 0 Å². The van der Waals surface area contributed by atoms with Crippen LogP contribution >= 0.6 is 15.9 Å². The van der Waals surface area contributed by atoms with E-state index in [0.29, 0.717) is 0 Å². The van der Waals surface area contributed by atoms with Crippen LogP contribution in [-0.2, 0) is 10.0 Å². The molecule has 0 saturated heterocycles. The van der Waals surface area contributed by atoms with Crippen molar-refractivity contribution in [2.24, 2.45) is 5.14 Å². The molecule has 0 saturated carbocycles. The minimum absolute atomic E-state index is 0.00355. The van der Waals surface area contributed by atoms with E-state index >= 15 is 0 Å². The Morgan fingerprint density at radius 3 is 2.62 bits per heavy atom. The van der Waals surface area contributed by atoms with Crippen molar-refractivity contribution in [3.05, 3.63) is 16.5 Å². The van der Waals surface area contributed by atoms with Crippen molar-refractivity contribution >= 4 is 31.9 Å². The van der Waals surface area contributed by atoms with Crippen molar-refractivity contribution in [2.45, 2.75) is 56.9 Å². The molecule has 0 aromatic carbocycles. The van der Waals surface area contributed by atoms with Crippen molar-refractivity contribution in [3.63, 3.8) is 0 Å². The van der Waals surface area contributed by atoms with E-state index in [1.807, 2.05) is 6.92 Å². The Morgan fingerprint density at radius 2 is 2.10 bits per heavy atom. The van der Waals surface area contributed by atoms with Crippen molar-refractivity contribution in [1.82, 2.24) is 5.32 Å². The number of primary sulfonamides is 1. The number of amides is 1. The van der Waals surface area contributed by atoms with E-state index in [1.165, 1.54) is 6.42 Å². The normalized spacial score (nSPS) is 13.1. The van der Waals surface area contributed by atoms with Gasteiger partial charge in [-0.25, -0.2) is 13.6 Å². The van der Waals surface area contributed by atoms with Gasteiger partial charge in [0.2, 0.25) is 10.0 Å². The van der Waals surface area contributed by atoms with Crippen LogP contribution in [0.5, 0.6) is 0 Å². The molecule has 1 unspecified atom stereocenters. The van der Waals surface area contributed by atoms with Gasteiger partial charge in [0.05, 0.1) is 0 Å². The maximum absolute atomic E-state index is 12.0. The number of unbranched alkanes of at least 4 members (excludes halogenated alkanes) is 3. The summed E-state index contributed by atoms with van der Waals surface area (Å²) in [6, 6.07) is 1.12. The second-order valence-electron chi connectivity index (χ2n) is 5.02. The molecule has 0 bridgehead atoms. The first kappa shape index (κ1) is 18.2. The number of carbonyl (C=O) groups is 1. The lowest BCUT2D eigenvalue weighted by atomic mass is 10.1. The molecule has 0 aliphatic heterocycles. The van der Waals surface area contributed by atoms with Crippen LogP contribution in [-0.4, -0.2) is 20.4 Å². The molecule has 3 N–H and O–H groups in total. The van der Waals surface area contributed by atoms with Crippen LogP contribution in [0.4, 0.5) is 0 Å². The first-order chi connectivity index (χ1) is 9.75. The van der Waals surface area contributed by atoms with Crippen LogP contribution in [0.1, 0.15) is 56.5 Å². The zero-order valence-electron chi connectivity index (χ0n) is 12.2. The molecule has 1 heterocycles. The Morgan fingerprint density at radius 1 is 1.43 bits per heavy atom. The largest absolute Gasteiger partial charge is 0.443 e. The molecular formula is C13H21BrN2O4S. The Hall–Kier alpha value is -0.860. The first-order valence-electron chi connectivity index (χ1n) is 6.88. The molecule has 1 aromatic heterocycles. The highest BCUT2D eigenvalue weighted by molar-refractivity contribution is 9.10. The summed E-state index contributed by atoms with van der Waals surface area (Å²) in [6.45, 7) is 4.05. The third-order valence-electron chi connectivity index (χ3n) is 3.05. The lowest BCUT2D eigenvalue weighted by Crippen LogP contribution is -2.32. The average Bonchev–Trinajstić information content (AvgIpc) is 2.77. The molecule has 1 rings (SSSR count). The highest BCUT2D eigenvalue weighted by atomic mass is 79.9. The highest BCUT2D eigenvalue weighted by Crippen LogP contribution is 2.25. The standard InChI is InChI=1S/C13H21BrN2O4S/c1-3-4-5-6-7-9(2)16-13(17)10-8-11(12(14)20-10)21(15,18)19/h8-9H,3-7H2,1-2H3,(H,16,17)(H2,15,18,19). The lowest BCUT2D eigenvalue weighted by Gasteiger charge is -2.12. The summed E-state index contributed by atoms with van der Waals surface area (Å²) >= 11 is 2.94. The van der Waals surface area contributed by atoms with E-state index in [2.05, 4.69) is 28.2 Å². The van der Waals surface area contributed by atoms with Gasteiger partial charge in [0.15, 0.2) is 10.4 Å². The fraction of sp³-hybridized carbons (Fsp3) is 0.615. The van der Waals surface area contributed by atoms with Crippen molar-refractivity contribution < 1.29 is 17.6 Å². The number of rotatable bonds is 8. The lowest BCUT2D eigenvalue weighted by molar-refractivity contribution is 0.0908. The smallest absolute Gasteiger partial charge is 0.287 e. The fourth-order valence-electron chi connectivity index (χ4n) is 1.90. The number of furan rings is 1. The van der Waals surface area contributed by atoms with Crippen LogP contribution in [0, 0.1) is 0 Å². The zero-order chi connectivity index (χ0) is 16.0. The highest BCUT2D eigenvalue weighted by Gasteiger charge is 2.22. The number of sulfonamides is 1. The van der Waals surface area contributed by atoms with Crippen molar-refractivity contribution in [3.8, 4) is 0 Å². The Bertz CT molecular complexity index is 583. The van der Waals surface area contributed by atoms with Crippen LogP contribution in [0.25, 0.3) is 0 Å². The second-order valence-corrected chi connectivity index (χ2v) is 7.27. The molecule has 1 amide bonds. The Balaban J connectivity index is 2.60. The quantitative estimate of drug-likeness (QED) is 0.676. The van der Waals surface area contributed by atoms with Crippen LogP contribution in [0.2, 0.25) is 0 Å². The van der Waals surface area contributed by atoms with Gasteiger partial charge >= 0.3 is 0 Å². The summed E-state index contributed by atoms with van der Waals surface area (Å²) in [4.78, 5) is 11.7. The maximum Gasteiger partial charge on any atom is 0.287 e. The summed E-state index contributed by atoms with van der Waals surface area (Å²) in [5.41, 5.74) is 0. The van der Waals surface area contributed by atoms with E-state index in [1.54, 1.807) is 0 Å². The average molecular weight is 381 g/mol. The summed E-state index contributed by atoms with van der Waals surface area (Å²) in [5.74, 6) is -0.528. The molecule has 21 heavy (non-hydrogen) atoms. The van der Waals surface area contributed by atoms with E-state index in [0.717, 1.165) is 31.7 Å². The minimum Gasteiger partial charge on any atom is -0.443 e. The van der Waals surface area contributed by atoms with E-state index in [9.17, 15) is 13.2 Å². The van der Waals surface area contributed by atoms with Gasteiger partial charge in [-0.15, -0.1) is 0 Å². The second kappa shape index (κ2) is 7.95. The maximum atomic E-state index is 12.0. The van der Waals surface area contributed by atoms with Gasteiger partial charge < -0.3 is 9.73 Å². The number of nitrogens with one attached hydrogen (secondary N) is 1. The number of carbonyl (C=O) groups excluding carboxylic acids is 1. The predicted molar refractivity (Wildman–Crippen MR) is 83.5 cm³/mol. The summed E-state index contributed by atoms with van der Waals surface area (Å²) in [6.07, 6.45) is 5.40. The predicted octanol–water partition coefficient (Wildman–Crippen LogP) is 2.78. The Labute approximate surface area is 133 Å². The van der Waals surface area contributed by atoms with E-state index in [-0.39, 0.29) is 21.4 Å². The van der Waals surface area contributed by atoms with Crippen molar-refractivity contribution in [1.29, 1.82) is 0 Å². The topological polar surface area (TPSA) is 102 Å². The minimum atomic E-state index is -3.92. The zero-order valence-corrected chi connectivity index (χ0v) is 14.6. The van der Waals surface area contributed by atoms with Crippen LogP contribution in [0.3, 0.4) is 0 Å². The van der Waals surface area contributed by atoms with E-state index < -0.39 is 15.9 Å². The molecule has 1 aromatic rings. The molecule has 0 spiro atoms. The van der Waals surface area contributed by atoms with Gasteiger partial charge in [0.25, 0.3) is 5.91 Å². The molecule has 0 radical (unpaired) electrons. The van der Waals surface area contributed by atoms with Crippen LogP contribution < -0.4 is 10.5 Å². The number of hydrogen-bond donors (Lipinski definition) is 2. The van der Waals surface area contributed by atoms with Crippen molar-refractivity contribution in [2.75, 3.05) is 0 Å². The fourth-order valence-corrected chi connectivity index (χ4v) is 3.40. The Kier molecular flexibility index (Phi) is 6.89. The van der Waals surface area contributed by atoms with E-state index in [4.69, 9.17) is 9.56 Å². The summed E-state index contributed by atoms with van der Waals surface area (Å²) in [7, 11) is -3.92. The van der Waals surface area contributed by atoms with Crippen LogP contribution in [0.15, 0.2) is 20.0 Å². The molecule has 0 fully saturated rings. The molecule has 6 nitrogen and oxygen atoms in total. The summed E-state index contributed by atoms with van der Waals surface area (Å²) in [5, 5.41) is 7.79. The SMILES string of the molecule is CCCCCCC(C)NC(=O)c1cc(S(N)(=O)=O)c(Br)o1. The molecular weight excluding hydrogens is 360 g/mol. The number of hydrogen-bond acceptors (Lipinski definition) is 4. The van der Waals surface area contributed by atoms with Gasteiger partial charge in [-0.1, -0.05) is 32.6 Å². The number of nitrogens with two attached hydrogens (primary N) is 1. The molecule has 0 aliphatic carbocycles. The molecule has 0 aliphatic rings. The van der Waals surface area contributed by atoms with Gasteiger partial charge in [0, 0.05) is 12.1 Å². The molecule has 1 atom stereocenters. The third kappa shape index (κ3) is 5.80. The molecule has 8 heteroatoms. The first-order valence-corrected chi connectivity index (χ1v) is 9.22. The third-order valence-corrected chi connectivity index (χ3v) is 4.82. The summed E-state index contributed by atoms with van der Waals surface area (Å²) < 4.78 is 27.6.